The van der Waals surface area contributed by atoms with Crippen molar-refractivity contribution >= 4 is 5.78 Å². The van der Waals surface area contributed by atoms with Crippen LogP contribution < -0.4 is 0 Å². The first kappa shape index (κ1) is 7.76. The average Bonchev–Trinajstić information content (AvgIpc) is 2.25. The maximum atomic E-state index is 11.2. The molecule has 2 heterocycles. The van der Waals surface area contributed by atoms with Crippen molar-refractivity contribution in [3.8, 4) is 0 Å². The summed E-state index contributed by atoms with van der Waals surface area (Å²) in [5, 5.41) is 0. The van der Waals surface area contributed by atoms with Crippen LogP contribution in [0.2, 0.25) is 0 Å². The first-order valence-corrected chi connectivity index (χ1v) is 3.80. The predicted molar refractivity (Wildman–Crippen MR) is 39.1 cm³/mol. The lowest BCUT2D eigenvalue weighted by Gasteiger charge is -2.17. The predicted octanol–water partition coefficient (Wildman–Crippen LogP) is 0.577. The number of ether oxygens (including phenoxy) is 3. The summed E-state index contributed by atoms with van der Waals surface area (Å²) in [5.74, 6) is -0.825. The summed E-state index contributed by atoms with van der Waals surface area (Å²) in [5.41, 5.74) is 0. The quantitative estimate of drug-likeness (QED) is 0.533. The summed E-state index contributed by atoms with van der Waals surface area (Å²) < 4.78 is 15.7. The smallest absolute Gasteiger partial charge is 0.235 e. The molecule has 2 aliphatic rings. The van der Waals surface area contributed by atoms with E-state index in [0.29, 0.717) is 0 Å². The number of hydrogen-bond acceptors (Lipinski definition) is 4. The number of carbonyl (C=O) groups is 1. The monoisotopic (exact) mass is 170 g/mol. The van der Waals surface area contributed by atoms with Gasteiger partial charge in [-0.05, 0) is 13.8 Å². The first-order chi connectivity index (χ1) is 5.58. The second kappa shape index (κ2) is 2.31. The summed E-state index contributed by atoms with van der Waals surface area (Å²) in [6.07, 6.45) is 1.53. The highest BCUT2D eigenvalue weighted by Crippen LogP contribution is 2.31. The van der Waals surface area contributed by atoms with Gasteiger partial charge in [0.2, 0.25) is 6.29 Å². The molecule has 12 heavy (non-hydrogen) atoms. The van der Waals surface area contributed by atoms with E-state index >= 15 is 0 Å². The third-order valence-electron chi connectivity index (χ3n) is 1.78. The largest absolute Gasteiger partial charge is 0.469 e. The second-order valence-electron chi connectivity index (χ2n) is 3.27. The SMILES string of the molecule is CC1(C)O[C@@H]2OC=CC(=O)[C@@H]2O1. The van der Waals surface area contributed by atoms with Crippen molar-refractivity contribution in [3.63, 3.8) is 0 Å². The van der Waals surface area contributed by atoms with Crippen LogP contribution >= 0.6 is 0 Å². The van der Waals surface area contributed by atoms with Gasteiger partial charge in [-0.1, -0.05) is 0 Å². The van der Waals surface area contributed by atoms with Crippen LogP contribution in [-0.2, 0) is 19.0 Å². The number of fused-ring (bicyclic) bond motifs is 1. The Kier molecular flexibility index (Phi) is 1.49. The standard InChI is InChI=1S/C8H10O4/c1-8(2)11-6-5(9)3-4-10-7(6)12-8/h3-4,6-7H,1-2H3/t6-,7-/m0/s1. The summed E-state index contributed by atoms with van der Waals surface area (Å²) in [7, 11) is 0. The summed E-state index contributed by atoms with van der Waals surface area (Å²) in [6, 6.07) is 0. The molecule has 2 aliphatic heterocycles. The highest BCUT2D eigenvalue weighted by atomic mass is 16.8. The minimum absolute atomic E-state index is 0.100. The molecular formula is C8H10O4. The molecular weight excluding hydrogens is 160 g/mol. The van der Waals surface area contributed by atoms with Gasteiger partial charge in [-0.15, -0.1) is 0 Å². The van der Waals surface area contributed by atoms with Crippen molar-refractivity contribution in [3.05, 3.63) is 12.3 Å². The second-order valence-corrected chi connectivity index (χ2v) is 3.27. The van der Waals surface area contributed by atoms with Gasteiger partial charge in [0, 0.05) is 6.08 Å². The van der Waals surface area contributed by atoms with Gasteiger partial charge in [0.1, 0.15) is 0 Å². The maximum absolute atomic E-state index is 11.2. The van der Waals surface area contributed by atoms with Crippen LogP contribution in [0.3, 0.4) is 0 Å². The molecule has 1 saturated heterocycles. The molecule has 0 spiro atoms. The van der Waals surface area contributed by atoms with Gasteiger partial charge in [0.15, 0.2) is 17.7 Å². The van der Waals surface area contributed by atoms with Crippen LogP contribution in [0, 0.1) is 0 Å². The van der Waals surface area contributed by atoms with Crippen LogP contribution in [0.1, 0.15) is 13.8 Å². The molecule has 4 heteroatoms. The average molecular weight is 170 g/mol. The molecule has 0 N–H and O–H groups in total. The molecule has 2 atom stereocenters. The topological polar surface area (TPSA) is 44.8 Å². The number of hydrogen-bond donors (Lipinski definition) is 0. The fourth-order valence-corrected chi connectivity index (χ4v) is 1.30. The van der Waals surface area contributed by atoms with E-state index in [-0.39, 0.29) is 5.78 Å². The Hall–Kier alpha value is -0.870. The van der Waals surface area contributed by atoms with Gasteiger partial charge in [-0.25, -0.2) is 0 Å². The highest BCUT2D eigenvalue weighted by molar-refractivity contribution is 5.94. The van der Waals surface area contributed by atoms with Crippen LogP contribution in [0.5, 0.6) is 0 Å². The Balaban J connectivity index is 2.20. The molecule has 0 saturated carbocycles. The van der Waals surface area contributed by atoms with Crippen LogP contribution in [0.4, 0.5) is 0 Å². The summed E-state index contributed by atoms with van der Waals surface area (Å²) in [4.78, 5) is 11.2. The molecule has 66 valence electrons. The molecule has 0 aromatic rings. The van der Waals surface area contributed by atoms with Gasteiger partial charge in [0.25, 0.3) is 0 Å². The number of ketones is 1. The Morgan fingerprint density at radius 1 is 1.42 bits per heavy atom. The van der Waals surface area contributed by atoms with Gasteiger partial charge >= 0.3 is 0 Å². The van der Waals surface area contributed by atoms with Crippen molar-refractivity contribution in [2.45, 2.75) is 32.0 Å². The maximum Gasteiger partial charge on any atom is 0.235 e. The molecule has 0 aromatic heterocycles. The van der Waals surface area contributed by atoms with Gasteiger partial charge in [-0.2, -0.15) is 0 Å². The fourth-order valence-electron chi connectivity index (χ4n) is 1.30. The van der Waals surface area contributed by atoms with Gasteiger partial charge < -0.3 is 14.2 Å². The molecule has 0 unspecified atom stereocenters. The summed E-state index contributed by atoms with van der Waals surface area (Å²) in [6.45, 7) is 3.50. The minimum atomic E-state index is -0.725. The molecule has 2 rings (SSSR count). The van der Waals surface area contributed by atoms with E-state index in [4.69, 9.17) is 14.2 Å². The van der Waals surface area contributed by atoms with E-state index < -0.39 is 18.2 Å². The lowest BCUT2D eigenvalue weighted by molar-refractivity contribution is -0.176. The molecule has 0 aromatic carbocycles. The van der Waals surface area contributed by atoms with Gasteiger partial charge in [-0.3, -0.25) is 4.79 Å². The Bertz CT molecular complexity index is 243. The minimum Gasteiger partial charge on any atom is -0.469 e. The molecule has 0 radical (unpaired) electrons. The van der Waals surface area contributed by atoms with Crippen LogP contribution in [0.25, 0.3) is 0 Å². The molecule has 4 nitrogen and oxygen atoms in total. The van der Waals surface area contributed by atoms with Crippen molar-refractivity contribution in [2.75, 3.05) is 0 Å². The van der Waals surface area contributed by atoms with E-state index in [1.54, 1.807) is 13.8 Å². The first-order valence-electron chi connectivity index (χ1n) is 3.80. The van der Waals surface area contributed by atoms with E-state index in [9.17, 15) is 4.79 Å². The highest BCUT2D eigenvalue weighted by Gasteiger charge is 2.46. The van der Waals surface area contributed by atoms with E-state index in [2.05, 4.69) is 0 Å². The van der Waals surface area contributed by atoms with Crippen LogP contribution in [0.15, 0.2) is 12.3 Å². The van der Waals surface area contributed by atoms with E-state index in [1.807, 2.05) is 0 Å². The van der Waals surface area contributed by atoms with Crippen LogP contribution in [-0.4, -0.2) is 24.0 Å². The van der Waals surface area contributed by atoms with Crippen molar-refractivity contribution in [2.24, 2.45) is 0 Å². The Morgan fingerprint density at radius 3 is 2.83 bits per heavy atom. The van der Waals surface area contributed by atoms with E-state index in [0.717, 1.165) is 0 Å². The van der Waals surface area contributed by atoms with Crippen molar-refractivity contribution in [1.29, 1.82) is 0 Å². The zero-order valence-electron chi connectivity index (χ0n) is 6.94. The molecule has 0 bridgehead atoms. The van der Waals surface area contributed by atoms with Crippen molar-refractivity contribution in [1.82, 2.24) is 0 Å². The number of carbonyl (C=O) groups excluding carboxylic acids is 1. The lowest BCUT2D eigenvalue weighted by atomic mass is 10.2. The Labute approximate surface area is 70.1 Å². The zero-order chi connectivity index (χ0) is 8.77. The fraction of sp³-hybridized carbons (Fsp3) is 0.625. The zero-order valence-corrected chi connectivity index (χ0v) is 6.94. The molecule has 1 fully saturated rings. The third-order valence-corrected chi connectivity index (χ3v) is 1.78. The molecule has 0 amide bonds. The van der Waals surface area contributed by atoms with Gasteiger partial charge in [0.05, 0.1) is 6.26 Å². The normalized spacial score (nSPS) is 37.7. The van der Waals surface area contributed by atoms with E-state index in [1.165, 1.54) is 12.3 Å². The van der Waals surface area contributed by atoms with Crippen molar-refractivity contribution < 1.29 is 19.0 Å². The molecule has 0 aliphatic carbocycles. The Morgan fingerprint density at radius 2 is 2.17 bits per heavy atom. The third kappa shape index (κ3) is 1.13. The lowest BCUT2D eigenvalue weighted by Crippen LogP contribution is -2.34. The number of rotatable bonds is 0. The summed E-state index contributed by atoms with van der Waals surface area (Å²) >= 11 is 0.